The summed E-state index contributed by atoms with van der Waals surface area (Å²) < 4.78 is 17.9. The first kappa shape index (κ1) is 10.3. The Labute approximate surface area is 91.3 Å². The van der Waals surface area contributed by atoms with Crippen molar-refractivity contribution in [1.29, 1.82) is 0 Å². The van der Waals surface area contributed by atoms with E-state index >= 15 is 0 Å². The summed E-state index contributed by atoms with van der Waals surface area (Å²) >= 11 is 5.51. The third-order valence-corrected chi connectivity index (χ3v) is 2.42. The molecule has 0 saturated carbocycles. The first-order chi connectivity index (χ1) is 7.16. The molecule has 1 aromatic carbocycles. The fraction of sp³-hybridized carbons (Fsp3) is 0.182. The normalized spacial score (nSPS) is 14.7. The largest absolute Gasteiger partial charge is 0.373 e. The van der Waals surface area contributed by atoms with E-state index in [1.165, 1.54) is 18.2 Å². The average Bonchev–Trinajstić information content (AvgIpc) is 2.15. The van der Waals surface area contributed by atoms with Crippen molar-refractivity contribution in [3.63, 3.8) is 0 Å². The summed E-state index contributed by atoms with van der Waals surface area (Å²) in [5.74, 6) is -0.797. The van der Waals surface area contributed by atoms with Gasteiger partial charge in [-0.05, 0) is 29.8 Å². The topological polar surface area (TPSA) is 26.3 Å². The molecule has 0 bridgehead atoms. The number of hydrogen-bond donors (Lipinski definition) is 0. The summed E-state index contributed by atoms with van der Waals surface area (Å²) in [5.41, 5.74) is 1.23. The molecule has 1 aliphatic rings. The van der Waals surface area contributed by atoms with Crippen LogP contribution in [0.4, 0.5) is 4.39 Å². The molecule has 78 valence electrons. The van der Waals surface area contributed by atoms with Crippen LogP contribution in [0.5, 0.6) is 0 Å². The second kappa shape index (κ2) is 4.13. The molecule has 0 N–H and O–H groups in total. The third kappa shape index (κ3) is 2.25. The molecule has 15 heavy (non-hydrogen) atoms. The van der Waals surface area contributed by atoms with E-state index in [4.69, 9.17) is 16.3 Å². The van der Waals surface area contributed by atoms with Gasteiger partial charge in [0.2, 0.25) is 0 Å². The Hall–Kier alpha value is -1.19. The number of benzene rings is 1. The Morgan fingerprint density at radius 2 is 2.20 bits per heavy atom. The summed E-state index contributed by atoms with van der Waals surface area (Å²) in [6, 6.07) is 4.02. The maximum Gasteiger partial charge on any atom is 0.186 e. The van der Waals surface area contributed by atoms with Crippen LogP contribution in [-0.4, -0.2) is 19.0 Å². The van der Waals surface area contributed by atoms with E-state index in [1.807, 2.05) is 0 Å². The zero-order chi connectivity index (χ0) is 10.8. The second-order valence-electron chi connectivity index (χ2n) is 3.29. The second-order valence-corrected chi connectivity index (χ2v) is 3.70. The Morgan fingerprint density at radius 3 is 2.73 bits per heavy atom. The number of rotatable bonds is 2. The molecule has 4 heteroatoms. The highest BCUT2D eigenvalue weighted by Crippen LogP contribution is 2.17. The molecule has 0 aromatic heterocycles. The molecule has 1 fully saturated rings. The van der Waals surface area contributed by atoms with Crippen LogP contribution in [0, 0.1) is 5.82 Å². The zero-order valence-corrected chi connectivity index (χ0v) is 8.55. The van der Waals surface area contributed by atoms with Gasteiger partial charge in [-0.25, -0.2) is 4.39 Å². The fourth-order valence-corrected chi connectivity index (χ4v) is 1.34. The summed E-state index contributed by atoms with van der Waals surface area (Å²) in [6.07, 6.45) is 1.48. The number of ketones is 1. The molecule has 1 aliphatic heterocycles. The maximum absolute atomic E-state index is 13.0. The molecule has 0 radical (unpaired) electrons. The minimum atomic E-state index is -0.578. The maximum atomic E-state index is 13.0. The van der Waals surface area contributed by atoms with Crippen molar-refractivity contribution in [2.24, 2.45) is 0 Å². The average molecular weight is 227 g/mol. The van der Waals surface area contributed by atoms with Crippen molar-refractivity contribution in [2.75, 3.05) is 13.2 Å². The molecule has 0 unspecified atom stereocenters. The number of ether oxygens (including phenoxy) is 1. The van der Waals surface area contributed by atoms with E-state index in [0.717, 1.165) is 11.6 Å². The zero-order valence-electron chi connectivity index (χ0n) is 7.80. The minimum absolute atomic E-state index is 0.0196. The van der Waals surface area contributed by atoms with Crippen molar-refractivity contribution in [2.45, 2.75) is 0 Å². The number of carbonyl (C=O) groups excluding carboxylic acids is 1. The molecule has 0 atom stereocenters. The highest BCUT2D eigenvalue weighted by molar-refractivity contribution is 6.30. The molecule has 0 spiro atoms. The first-order valence-corrected chi connectivity index (χ1v) is 4.81. The van der Waals surface area contributed by atoms with Gasteiger partial charge in [-0.15, -0.1) is 0 Å². The van der Waals surface area contributed by atoms with Crippen LogP contribution in [0.2, 0.25) is 5.02 Å². The number of halogens is 2. The van der Waals surface area contributed by atoms with Crippen LogP contribution in [0.15, 0.2) is 29.8 Å². The van der Waals surface area contributed by atoms with Gasteiger partial charge >= 0.3 is 0 Å². The Morgan fingerprint density at radius 1 is 1.47 bits per heavy atom. The van der Waals surface area contributed by atoms with Gasteiger partial charge in [0.05, 0.1) is 18.2 Å². The molecular weight excluding hydrogens is 219 g/mol. The first-order valence-electron chi connectivity index (χ1n) is 4.43. The van der Waals surface area contributed by atoms with Crippen LogP contribution >= 0.6 is 11.6 Å². The van der Waals surface area contributed by atoms with Gasteiger partial charge in [0.25, 0.3) is 0 Å². The van der Waals surface area contributed by atoms with Crippen molar-refractivity contribution in [3.05, 3.63) is 46.3 Å². The standard InChI is InChI=1S/C11H8ClFO2/c12-9-2-1-8(4-10(9)13)11(14)3-7-5-15-6-7/h1-4H,5-6H2. The predicted molar refractivity (Wildman–Crippen MR) is 54.6 cm³/mol. The van der Waals surface area contributed by atoms with Crippen molar-refractivity contribution in [3.8, 4) is 0 Å². The van der Waals surface area contributed by atoms with Crippen LogP contribution in [0.1, 0.15) is 10.4 Å². The monoisotopic (exact) mass is 226 g/mol. The van der Waals surface area contributed by atoms with E-state index in [2.05, 4.69) is 0 Å². The van der Waals surface area contributed by atoms with E-state index in [9.17, 15) is 9.18 Å². The van der Waals surface area contributed by atoms with Gasteiger partial charge in [-0.3, -0.25) is 4.79 Å². The molecule has 0 aliphatic carbocycles. The molecule has 2 rings (SSSR count). The number of hydrogen-bond acceptors (Lipinski definition) is 2. The van der Waals surface area contributed by atoms with Gasteiger partial charge in [0.15, 0.2) is 5.78 Å². The van der Waals surface area contributed by atoms with Crippen molar-refractivity contribution >= 4 is 17.4 Å². The minimum Gasteiger partial charge on any atom is -0.373 e. The molecule has 0 amide bonds. The lowest BCUT2D eigenvalue weighted by Crippen LogP contribution is -2.17. The van der Waals surface area contributed by atoms with Gasteiger partial charge < -0.3 is 4.74 Å². The highest BCUT2D eigenvalue weighted by Gasteiger charge is 2.12. The molecule has 1 saturated heterocycles. The Bertz CT molecular complexity index is 434. The Balaban J connectivity index is 2.22. The van der Waals surface area contributed by atoms with E-state index in [0.29, 0.717) is 18.8 Å². The van der Waals surface area contributed by atoms with E-state index in [-0.39, 0.29) is 10.8 Å². The molecular formula is C11H8ClFO2. The van der Waals surface area contributed by atoms with Crippen molar-refractivity contribution < 1.29 is 13.9 Å². The third-order valence-electron chi connectivity index (χ3n) is 2.11. The van der Waals surface area contributed by atoms with Gasteiger partial charge in [0, 0.05) is 5.56 Å². The number of carbonyl (C=O) groups is 1. The van der Waals surface area contributed by atoms with Crippen molar-refractivity contribution in [1.82, 2.24) is 0 Å². The SMILES string of the molecule is O=C(C=C1COC1)c1ccc(Cl)c(F)c1. The quantitative estimate of drug-likeness (QED) is 0.572. The number of allylic oxidation sites excluding steroid dienone is 1. The predicted octanol–water partition coefficient (Wildman–Crippen LogP) is 2.62. The summed E-state index contributed by atoms with van der Waals surface area (Å²) in [6.45, 7) is 0.976. The smallest absolute Gasteiger partial charge is 0.186 e. The molecule has 2 nitrogen and oxygen atoms in total. The summed E-state index contributed by atoms with van der Waals surface area (Å²) in [4.78, 5) is 11.6. The van der Waals surface area contributed by atoms with E-state index < -0.39 is 5.82 Å². The van der Waals surface area contributed by atoms with Crippen LogP contribution < -0.4 is 0 Å². The lowest BCUT2D eigenvalue weighted by molar-refractivity contribution is 0.0955. The highest BCUT2D eigenvalue weighted by atomic mass is 35.5. The van der Waals surface area contributed by atoms with Crippen LogP contribution in [-0.2, 0) is 4.74 Å². The summed E-state index contributed by atoms with van der Waals surface area (Å²) in [7, 11) is 0. The Kier molecular flexibility index (Phi) is 2.84. The van der Waals surface area contributed by atoms with E-state index in [1.54, 1.807) is 0 Å². The fourth-order valence-electron chi connectivity index (χ4n) is 1.22. The van der Waals surface area contributed by atoms with Gasteiger partial charge in [-0.2, -0.15) is 0 Å². The van der Waals surface area contributed by atoms with Gasteiger partial charge in [0.1, 0.15) is 5.82 Å². The molecule has 1 aromatic rings. The molecule has 1 heterocycles. The van der Waals surface area contributed by atoms with Crippen LogP contribution in [0.25, 0.3) is 0 Å². The summed E-state index contributed by atoms with van der Waals surface area (Å²) in [5, 5.41) is 0.0196. The van der Waals surface area contributed by atoms with Gasteiger partial charge in [-0.1, -0.05) is 11.6 Å². The van der Waals surface area contributed by atoms with Crippen LogP contribution in [0.3, 0.4) is 0 Å². The lowest BCUT2D eigenvalue weighted by Gasteiger charge is -2.16. The lowest BCUT2D eigenvalue weighted by atomic mass is 10.1.